The van der Waals surface area contributed by atoms with E-state index >= 15 is 0 Å². The maximum absolute atomic E-state index is 11.4. The van der Waals surface area contributed by atoms with E-state index in [1.54, 1.807) is 0 Å². The predicted molar refractivity (Wildman–Crippen MR) is 64.6 cm³/mol. The molecule has 18 heavy (non-hydrogen) atoms. The van der Waals surface area contributed by atoms with Crippen LogP contribution in [0, 0.1) is 0 Å². The summed E-state index contributed by atoms with van der Waals surface area (Å²) < 4.78 is 27.2. The van der Waals surface area contributed by atoms with Gasteiger partial charge < -0.3 is 5.32 Å². The van der Waals surface area contributed by atoms with Gasteiger partial charge in [-0.25, -0.2) is 0 Å². The number of Topliss-reactive ketones (excluding diaryl/α,β-unsaturated/α-hetero) is 1. The molecule has 0 aromatic heterocycles. The molecule has 1 amide bonds. The Morgan fingerprint density at radius 1 is 1.33 bits per heavy atom. The first-order valence-electron chi connectivity index (χ1n) is 5.05. The summed E-state index contributed by atoms with van der Waals surface area (Å²) in [5, 5.41) is 2.43. The van der Waals surface area contributed by atoms with Crippen molar-refractivity contribution in [2.24, 2.45) is 0 Å². The first-order valence-corrected chi connectivity index (χ1v) is 6.46. The minimum Gasteiger partial charge on any atom is -0.326 e. The lowest BCUT2D eigenvalue weighted by molar-refractivity contribution is -0.124. The number of rotatable bonds is 5. The monoisotopic (exact) mass is 271 g/mol. The highest BCUT2D eigenvalue weighted by molar-refractivity contribution is 7.86. The number of carbonyl (C=O) groups is 2. The van der Waals surface area contributed by atoms with Gasteiger partial charge in [-0.2, -0.15) is 8.42 Å². The number of anilines is 1. The second-order valence-corrected chi connectivity index (χ2v) is 5.29. The molecule has 0 saturated heterocycles. The summed E-state index contributed by atoms with van der Waals surface area (Å²) in [6.45, 7) is 1.30. The molecule has 0 atom stereocenters. The lowest BCUT2D eigenvalue weighted by atomic mass is 10.2. The molecule has 0 fully saturated rings. The second kappa shape index (κ2) is 5.74. The number of hydrogen-bond donors (Lipinski definition) is 1. The van der Waals surface area contributed by atoms with Crippen LogP contribution in [0.1, 0.15) is 13.3 Å². The second-order valence-electron chi connectivity index (χ2n) is 3.58. The number of ketones is 1. The molecule has 7 heteroatoms. The third kappa shape index (κ3) is 3.94. The maximum atomic E-state index is 11.4. The van der Waals surface area contributed by atoms with E-state index in [9.17, 15) is 18.0 Å². The normalized spacial score (nSPS) is 11.0. The predicted octanol–water partition coefficient (Wildman–Crippen LogP) is 0.939. The van der Waals surface area contributed by atoms with Crippen molar-refractivity contribution < 1.29 is 22.2 Å². The molecular weight excluding hydrogens is 258 g/mol. The van der Waals surface area contributed by atoms with E-state index in [1.807, 2.05) is 0 Å². The van der Waals surface area contributed by atoms with Crippen LogP contribution in [0.25, 0.3) is 0 Å². The summed E-state index contributed by atoms with van der Waals surface area (Å²) >= 11 is 0. The molecule has 1 N–H and O–H groups in total. The Labute approximate surface area is 105 Å². The van der Waals surface area contributed by atoms with Gasteiger partial charge >= 0.3 is 0 Å². The molecule has 0 saturated carbocycles. The SMILES string of the molecule is COS(=O)(=O)c1cccc(NC(=O)CC(C)=O)c1. The first-order chi connectivity index (χ1) is 8.35. The van der Waals surface area contributed by atoms with Gasteiger partial charge in [0.2, 0.25) is 5.91 Å². The quantitative estimate of drug-likeness (QED) is 0.636. The molecule has 0 aliphatic rings. The van der Waals surface area contributed by atoms with Crippen LogP contribution in [-0.4, -0.2) is 27.2 Å². The Kier molecular flexibility index (Phi) is 4.57. The van der Waals surface area contributed by atoms with Crippen LogP contribution in [0.3, 0.4) is 0 Å². The van der Waals surface area contributed by atoms with Gasteiger partial charge in [0, 0.05) is 5.69 Å². The zero-order valence-electron chi connectivity index (χ0n) is 9.97. The Balaban J connectivity index is 2.90. The zero-order chi connectivity index (χ0) is 13.8. The van der Waals surface area contributed by atoms with Crippen molar-refractivity contribution in [2.75, 3.05) is 12.4 Å². The van der Waals surface area contributed by atoms with Crippen molar-refractivity contribution >= 4 is 27.5 Å². The molecule has 0 spiro atoms. The van der Waals surface area contributed by atoms with Gasteiger partial charge in [0.25, 0.3) is 10.1 Å². The van der Waals surface area contributed by atoms with Gasteiger partial charge in [0.1, 0.15) is 5.78 Å². The van der Waals surface area contributed by atoms with E-state index in [1.165, 1.54) is 31.2 Å². The van der Waals surface area contributed by atoms with E-state index in [-0.39, 0.29) is 17.1 Å². The zero-order valence-corrected chi connectivity index (χ0v) is 10.8. The van der Waals surface area contributed by atoms with Crippen LogP contribution < -0.4 is 5.32 Å². The average molecular weight is 271 g/mol. The summed E-state index contributed by atoms with van der Waals surface area (Å²) in [5.74, 6) is -0.761. The molecule has 0 heterocycles. The van der Waals surface area contributed by atoms with Crippen LogP contribution in [0.2, 0.25) is 0 Å². The summed E-state index contributed by atoms with van der Waals surface area (Å²) in [4.78, 5) is 22.0. The van der Waals surface area contributed by atoms with Crippen LogP contribution in [0.5, 0.6) is 0 Å². The van der Waals surface area contributed by atoms with E-state index in [0.717, 1.165) is 7.11 Å². The molecule has 98 valence electrons. The molecule has 6 nitrogen and oxygen atoms in total. The molecule has 0 bridgehead atoms. The van der Waals surface area contributed by atoms with Crippen molar-refractivity contribution in [3.8, 4) is 0 Å². The van der Waals surface area contributed by atoms with Crippen molar-refractivity contribution in [2.45, 2.75) is 18.2 Å². The Morgan fingerprint density at radius 3 is 2.56 bits per heavy atom. The summed E-state index contributed by atoms with van der Waals surface area (Å²) in [7, 11) is -2.75. The molecule has 0 aliphatic carbocycles. The van der Waals surface area contributed by atoms with Crippen LogP contribution in [0.15, 0.2) is 29.2 Å². The maximum Gasteiger partial charge on any atom is 0.296 e. The number of carbonyl (C=O) groups excluding carboxylic acids is 2. The van der Waals surface area contributed by atoms with Gasteiger partial charge in [-0.15, -0.1) is 0 Å². The van der Waals surface area contributed by atoms with Gasteiger partial charge in [-0.3, -0.25) is 13.8 Å². The molecule has 0 radical (unpaired) electrons. The lowest BCUT2D eigenvalue weighted by Crippen LogP contribution is -2.15. The highest BCUT2D eigenvalue weighted by atomic mass is 32.2. The highest BCUT2D eigenvalue weighted by Crippen LogP contribution is 2.17. The molecule has 1 aromatic rings. The molecule has 1 rings (SSSR count). The third-order valence-electron chi connectivity index (χ3n) is 2.04. The topological polar surface area (TPSA) is 89.5 Å². The van der Waals surface area contributed by atoms with Crippen LogP contribution >= 0.6 is 0 Å². The van der Waals surface area contributed by atoms with Gasteiger partial charge in [-0.1, -0.05) is 6.07 Å². The standard InChI is InChI=1S/C11H13NO5S/c1-8(13)6-11(14)12-9-4-3-5-10(7-9)18(15,16)17-2/h3-5,7H,6H2,1-2H3,(H,12,14). The number of amides is 1. The lowest BCUT2D eigenvalue weighted by Gasteiger charge is -2.06. The van der Waals surface area contributed by atoms with Gasteiger partial charge in [-0.05, 0) is 25.1 Å². The fraction of sp³-hybridized carbons (Fsp3) is 0.273. The van der Waals surface area contributed by atoms with Gasteiger partial charge in [0.05, 0.1) is 18.4 Å². The average Bonchev–Trinajstić information content (AvgIpc) is 2.28. The minimum absolute atomic E-state index is 0.0642. The summed E-state index contributed by atoms with van der Waals surface area (Å²) in [5.41, 5.74) is 0.291. The minimum atomic E-state index is -3.80. The van der Waals surface area contributed by atoms with Gasteiger partial charge in [0.15, 0.2) is 0 Å². The number of benzene rings is 1. The van der Waals surface area contributed by atoms with E-state index in [0.29, 0.717) is 5.69 Å². The summed E-state index contributed by atoms with van der Waals surface area (Å²) in [6, 6.07) is 5.60. The Hall–Kier alpha value is -1.73. The molecular formula is C11H13NO5S. The van der Waals surface area contributed by atoms with E-state index in [2.05, 4.69) is 9.50 Å². The molecule has 1 aromatic carbocycles. The molecule has 0 unspecified atom stereocenters. The largest absolute Gasteiger partial charge is 0.326 e. The van der Waals surface area contributed by atoms with E-state index in [4.69, 9.17) is 0 Å². The van der Waals surface area contributed by atoms with Crippen molar-refractivity contribution in [1.82, 2.24) is 0 Å². The Morgan fingerprint density at radius 2 is 2.00 bits per heavy atom. The fourth-order valence-corrected chi connectivity index (χ4v) is 1.97. The number of nitrogens with one attached hydrogen (secondary N) is 1. The van der Waals surface area contributed by atoms with Crippen LogP contribution in [0.4, 0.5) is 5.69 Å². The molecule has 0 aliphatic heterocycles. The summed E-state index contributed by atoms with van der Waals surface area (Å²) in [6.07, 6.45) is -0.249. The fourth-order valence-electron chi connectivity index (χ4n) is 1.26. The smallest absolute Gasteiger partial charge is 0.296 e. The Bertz CT molecular complexity index is 565. The van der Waals surface area contributed by atoms with Crippen molar-refractivity contribution in [1.29, 1.82) is 0 Å². The highest BCUT2D eigenvalue weighted by Gasteiger charge is 2.14. The van der Waals surface area contributed by atoms with Crippen molar-refractivity contribution in [3.05, 3.63) is 24.3 Å². The van der Waals surface area contributed by atoms with Crippen molar-refractivity contribution in [3.63, 3.8) is 0 Å². The van der Waals surface area contributed by atoms with Crippen LogP contribution in [-0.2, 0) is 23.9 Å². The number of hydrogen-bond acceptors (Lipinski definition) is 5. The third-order valence-corrected chi connectivity index (χ3v) is 3.31. The van der Waals surface area contributed by atoms with E-state index < -0.39 is 16.0 Å². The first kappa shape index (κ1) is 14.3.